The molecule has 0 fully saturated rings. The molecule has 0 saturated heterocycles. The van der Waals surface area contributed by atoms with Gasteiger partial charge in [0.15, 0.2) is 0 Å². The summed E-state index contributed by atoms with van der Waals surface area (Å²) in [5, 5.41) is 1.04. The molecular formula is C27H27F9N2O4. The van der Waals surface area contributed by atoms with Crippen LogP contribution in [0, 0.1) is 0 Å². The molecular weight excluding hydrogens is 587 g/mol. The number of hydroxylamine groups is 1. The topological polar surface area (TPSA) is 59.1 Å². The summed E-state index contributed by atoms with van der Waals surface area (Å²) in [7, 11) is 0. The number of hydrogen-bond acceptors (Lipinski definition) is 5. The predicted octanol–water partition coefficient (Wildman–Crippen LogP) is 8.30. The van der Waals surface area contributed by atoms with Crippen molar-refractivity contribution >= 4 is 17.7 Å². The van der Waals surface area contributed by atoms with Crippen molar-refractivity contribution in [2.75, 3.05) is 5.06 Å². The van der Waals surface area contributed by atoms with Gasteiger partial charge in [0.2, 0.25) is 5.91 Å². The van der Waals surface area contributed by atoms with Crippen LogP contribution in [-0.2, 0) is 39.4 Å². The molecule has 0 bridgehead atoms. The lowest BCUT2D eigenvalue weighted by molar-refractivity contribution is -0.143. The summed E-state index contributed by atoms with van der Waals surface area (Å²) >= 11 is 0. The quantitative estimate of drug-likeness (QED) is 0.242. The molecule has 2 atom stereocenters. The maximum absolute atomic E-state index is 13.7. The summed E-state index contributed by atoms with van der Waals surface area (Å²) in [6.45, 7) is 4.94. The Hall–Kier alpha value is -3.65. The van der Waals surface area contributed by atoms with E-state index < -0.39 is 77.6 Å². The number of halogens is 9. The fourth-order valence-electron chi connectivity index (χ4n) is 4.67. The van der Waals surface area contributed by atoms with Crippen molar-refractivity contribution in [2.45, 2.75) is 83.8 Å². The minimum atomic E-state index is -5.15. The first-order chi connectivity index (χ1) is 19.2. The predicted molar refractivity (Wildman–Crippen MR) is 131 cm³/mol. The highest BCUT2D eigenvalue weighted by atomic mass is 19.4. The number of ether oxygens (including phenoxy) is 1. The third kappa shape index (κ3) is 7.59. The van der Waals surface area contributed by atoms with E-state index in [1.165, 1.54) is 13.8 Å². The van der Waals surface area contributed by atoms with Gasteiger partial charge in [0.25, 0.3) is 0 Å². The number of hydrogen-bond donors (Lipinski definition) is 0. The first-order valence-electron chi connectivity index (χ1n) is 12.7. The standard InChI is InChI=1S/C27H27F9N2O4/c1-5-20-12-23(21-11-17(25(28,29)30)6-7-22(21)38(20)42-24(40)41-14(2)3)37(15(4)39)13-16-8-18(26(31,32)33)10-19(9-16)27(34,35)36/h6-11,14,20,23H,5,12-13H2,1-4H3/t20-,23+/m1/s1. The SMILES string of the molecule is CC[C@@H]1C[C@H](N(Cc2cc(C(F)(F)F)cc(C(F)(F)F)c2)C(C)=O)c2cc(C(F)(F)F)ccc2N1OC(=O)OC(C)C. The number of carbonyl (C=O) groups excluding carboxylic acids is 2. The fraction of sp³-hybridized carbons (Fsp3) is 0.481. The molecule has 1 aliphatic heterocycles. The van der Waals surface area contributed by atoms with Gasteiger partial charge in [0, 0.05) is 19.0 Å². The van der Waals surface area contributed by atoms with E-state index in [1.54, 1.807) is 6.92 Å². The van der Waals surface area contributed by atoms with Crippen molar-refractivity contribution in [2.24, 2.45) is 0 Å². The first-order valence-corrected chi connectivity index (χ1v) is 12.7. The van der Waals surface area contributed by atoms with Crippen LogP contribution >= 0.6 is 0 Å². The van der Waals surface area contributed by atoms with Gasteiger partial charge in [-0.25, -0.2) is 4.79 Å². The normalized spacial score (nSPS) is 17.6. The van der Waals surface area contributed by atoms with Crippen LogP contribution < -0.4 is 5.06 Å². The summed E-state index contributed by atoms with van der Waals surface area (Å²) < 4.78 is 127. The van der Waals surface area contributed by atoms with Crippen LogP contribution in [0.15, 0.2) is 36.4 Å². The van der Waals surface area contributed by atoms with Gasteiger partial charge in [0.05, 0.1) is 40.6 Å². The van der Waals surface area contributed by atoms with Crippen LogP contribution in [0.2, 0.25) is 0 Å². The second-order valence-corrected chi connectivity index (χ2v) is 9.98. The Kier molecular flexibility index (Phi) is 9.32. The van der Waals surface area contributed by atoms with Gasteiger partial charge >= 0.3 is 24.7 Å². The molecule has 0 aromatic heterocycles. The van der Waals surface area contributed by atoms with Crippen LogP contribution in [-0.4, -0.2) is 29.1 Å². The molecule has 0 unspecified atom stereocenters. The Morgan fingerprint density at radius 2 is 1.45 bits per heavy atom. The molecule has 1 heterocycles. The highest BCUT2D eigenvalue weighted by Gasteiger charge is 2.42. The van der Waals surface area contributed by atoms with Crippen molar-refractivity contribution in [3.8, 4) is 0 Å². The molecule has 6 nitrogen and oxygen atoms in total. The van der Waals surface area contributed by atoms with Crippen LogP contribution in [0.5, 0.6) is 0 Å². The molecule has 0 aliphatic carbocycles. The maximum atomic E-state index is 13.7. The zero-order valence-corrected chi connectivity index (χ0v) is 22.7. The third-order valence-corrected chi connectivity index (χ3v) is 6.54. The molecule has 2 aromatic carbocycles. The first kappa shape index (κ1) is 32.9. The van der Waals surface area contributed by atoms with Gasteiger partial charge in [-0.15, -0.1) is 0 Å². The minimum Gasteiger partial charge on any atom is -0.430 e. The average Bonchev–Trinajstić information content (AvgIpc) is 2.85. The highest BCUT2D eigenvalue weighted by Crippen LogP contribution is 2.45. The van der Waals surface area contributed by atoms with Gasteiger partial charge in [-0.1, -0.05) is 6.92 Å². The molecule has 0 N–H and O–H groups in total. The van der Waals surface area contributed by atoms with Gasteiger partial charge < -0.3 is 14.5 Å². The highest BCUT2D eigenvalue weighted by molar-refractivity contribution is 5.75. The van der Waals surface area contributed by atoms with E-state index in [9.17, 15) is 49.1 Å². The molecule has 3 rings (SSSR count). The number of rotatable bonds is 6. The number of alkyl halides is 9. The summed E-state index contributed by atoms with van der Waals surface area (Å²) in [6, 6.07) is 1.29. The molecule has 2 aromatic rings. The Bertz CT molecular complexity index is 1270. The minimum absolute atomic E-state index is 0.0573. The lowest BCUT2D eigenvalue weighted by atomic mass is 9.88. The summed E-state index contributed by atoms with van der Waals surface area (Å²) in [6.07, 6.45) is -16.8. The van der Waals surface area contributed by atoms with Crippen molar-refractivity contribution < 1.29 is 58.7 Å². The van der Waals surface area contributed by atoms with Gasteiger partial charge in [-0.05, 0) is 68.7 Å². The van der Waals surface area contributed by atoms with E-state index in [1.807, 2.05) is 0 Å². The number of nitrogens with zero attached hydrogens (tertiary/aromatic N) is 2. The van der Waals surface area contributed by atoms with Crippen molar-refractivity contribution in [1.29, 1.82) is 0 Å². The van der Waals surface area contributed by atoms with E-state index in [2.05, 4.69) is 0 Å². The molecule has 0 saturated carbocycles. The van der Waals surface area contributed by atoms with Crippen LogP contribution in [0.25, 0.3) is 0 Å². The lowest BCUT2D eigenvalue weighted by Gasteiger charge is -2.43. The number of amides is 1. The monoisotopic (exact) mass is 614 g/mol. The third-order valence-electron chi connectivity index (χ3n) is 6.54. The molecule has 1 aliphatic rings. The fourth-order valence-corrected chi connectivity index (χ4v) is 4.67. The van der Waals surface area contributed by atoms with E-state index >= 15 is 0 Å². The van der Waals surface area contributed by atoms with Crippen LogP contribution in [0.1, 0.15) is 74.4 Å². The van der Waals surface area contributed by atoms with Crippen molar-refractivity contribution in [3.63, 3.8) is 0 Å². The summed E-state index contributed by atoms with van der Waals surface area (Å²) in [5.74, 6) is -0.822. The van der Waals surface area contributed by atoms with Gasteiger partial charge in [0.1, 0.15) is 0 Å². The Labute approximate surface area is 234 Å². The maximum Gasteiger partial charge on any atom is 0.533 e. The Morgan fingerprint density at radius 3 is 1.90 bits per heavy atom. The molecule has 0 spiro atoms. The second-order valence-electron chi connectivity index (χ2n) is 9.98. The van der Waals surface area contributed by atoms with Gasteiger partial charge in [-0.3, -0.25) is 4.79 Å². The molecule has 15 heteroatoms. The smallest absolute Gasteiger partial charge is 0.430 e. The number of fused-ring (bicyclic) bond motifs is 1. The zero-order valence-electron chi connectivity index (χ0n) is 22.7. The van der Waals surface area contributed by atoms with Gasteiger partial charge in [-0.2, -0.15) is 44.6 Å². The zero-order chi connectivity index (χ0) is 31.8. The molecule has 232 valence electrons. The van der Waals surface area contributed by atoms with Crippen molar-refractivity contribution in [3.05, 3.63) is 64.2 Å². The van der Waals surface area contributed by atoms with Crippen LogP contribution in [0.3, 0.4) is 0 Å². The summed E-state index contributed by atoms with van der Waals surface area (Å²) in [5.41, 5.74) is -5.10. The number of benzene rings is 2. The summed E-state index contributed by atoms with van der Waals surface area (Å²) in [4.78, 5) is 31.3. The average molecular weight is 615 g/mol. The molecule has 0 radical (unpaired) electrons. The number of anilines is 1. The van der Waals surface area contributed by atoms with Crippen molar-refractivity contribution in [1.82, 2.24) is 4.90 Å². The second kappa shape index (κ2) is 11.9. The van der Waals surface area contributed by atoms with E-state index in [0.29, 0.717) is 18.2 Å². The number of carbonyl (C=O) groups is 2. The lowest BCUT2D eigenvalue weighted by Crippen LogP contribution is -2.46. The largest absolute Gasteiger partial charge is 0.533 e. The molecule has 42 heavy (non-hydrogen) atoms. The Morgan fingerprint density at radius 1 is 0.905 bits per heavy atom. The Balaban J connectivity index is 2.16. The van der Waals surface area contributed by atoms with Crippen LogP contribution in [0.4, 0.5) is 50.0 Å². The molecule has 1 amide bonds. The van der Waals surface area contributed by atoms with E-state index in [4.69, 9.17) is 9.57 Å². The van der Waals surface area contributed by atoms with E-state index in [-0.39, 0.29) is 30.2 Å². The van der Waals surface area contributed by atoms with E-state index in [0.717, 1.165) is 29.0 Å².